The van der Waals surface area contributed by atoms with Crippen LogP contribution in [-0.4, -0.2) is 33.5 Å². The zero-order chi connectivity index (χ0) is 17.9. The topological polar surface area (TPSA) is 58.0 Å². The van der Waals surface area contributed by atoms with Gasteiger partial charge in [-0.2, -0.15) is 0 Å². The Bertz CT molecular complexity index is 937. The molecule has 0 spiro atoms. The minimum Gasteiger partial charge on any atom is -0.439 e. The molecule has 5 heteroatoms. The van der Waals surface area contributed by atoms with E-state index in [1.54, 1.807) is 12.3 Å². The van der Waals surface area contributed by atoms with Gasteiger partial charge in [-0.05, 0) is 48.7 Å². The van der Waals surface area contributed by atoms with Crippen LogP contribution in [0.15, 0.2) is 65.9 Å². The number of fused-ring (bicyclic) bond motifs is 1. The van der Waals surface area contributed by atoms with Crippen LogP contribution in [0.25, 0.3) is 10.8 Å². The number of aromatic nitrogens is 1. The van der Waals surface area contributed by atoms with Crippen LogP contribution in [0, 0.1) is 0 Å². The first-order valence-corrected chi connectivity index (χ1v) is 8.86. The summed E-state index contributed by atoms with van der Waals surface area (Å²) in [6.07, 6.45) is 3.91. The minimum atomic E-state index is 0.370. The van der Waals surface area contributed by atoms with Gasteiger partial charge < -0.3 is 14.8 Å². The molecule has 0 radical (unpaired) electrons. The molecule has 0 aliphatic carbocycles. The zero-order valence-electron chi connectivity index (χ0n) is 14.7. The van der Waals surface area contributed by atoms with Crippen molar-refractivity contribution >= 4 is 16.6 Å². The first-order valence-electron chi connectivity index (χ1n) is 8.86. The molecule has 1 saturated heterocycles. The second-order valence-corrected chi connectivity index (χ2v) is 6.60. The van der Waals surface area contributed by atoms with Crippen LogP contribution < -0.4 is 4.74 Å². The molecule has 2 heterocycles. The number of nitrogens with zero attached hydrogens (tertiary/aromatic N) is 3. The van der Waals surface area contributed by atoms with E-state index < -0.39 is 0 Å². The molecule has 5 nitrogen and oxygen atoms in total. The van der Waals surface area contributed by atoms with Crippen LogP contribution >= 0.6 is 0 Å². The van der Waals surface area contributed by atoms with Crippen molar-refractivity contribution in [2.45, 2.75) is 25.8 Å². The van der Waals surface area contributed by atoms with Crippen molar-refractivity contribution < 1.29 is 9.94 Å². The maximum atomic E-state index is 9.45. The van der Waals surface area contributed by atoms with Crippen LogP contribution in [0.4, 0.5) is 0 Å². The van der Waals surface area contributed by atoms with E-state index in [4.69, 9.17) is 4.74 Å². The van der Waals surface area contributed by atoms with Gasteiger partial charge in [0.25, 0.3) is 0 Å². The van der Waals surface area contributed by atoms with Gasteiger partial charge in [0, 0.05) is 30.4 Å². The second-order valence-electron chi connectivity index (χ2n) is 6.60. The molecule has 1 N–H and O–H groups in total. The third-order valence-corrected chi connectivity index (χ3v) is 4.86. The summed E-state index contributed by atoms with van der Waals surface area (Å²) in [4.78, 5) is 6.49. The van der Waals surface area contributed by atoms with E-state index in [2.05, 4.69) is 34.1 Å². The van der Waals surface area contributed by atoms with E-state index in [1.807, 2.05) is 36.4 Å². The van der Waals surface area contributed by atoms with E-state index in [-0.39, 0.29) is 0 Å². The lowest BCUT2D eigenvalue weighted by Gasteiger charge is -2.24. The summed E-state index contributed by atoms with van der Waals surface area (Å²) in [5.74, 6) is 1.82. The average molecular weight is 347 g/mol. The van der Waals surface area contributed by atoms with Crippen molar-refractivity contribution in [1.29, 1.82) is 0 Å². The third kappa shape index (κ3) is 3.20. The van der Waals surface area contributed by atoms with Gasteiger partial charge in [-0.1, -0.05) is 35.5 Å². The monoisotopic (exact) mass is 347 g/mol. The Hall–Kier alpha value is -3.08. The fourth-order valence-electron chi connectivity index (χ4n) is 3.45. The van der Waals surface area contributed by atoms with Crippen molar-refractivity contribution in [1.82, 2.24) is 9.88 Å². The summed E-state index contributed by atoms with van der Waals surface area (Å²) >= 11 is 0. The number of pyridine rings is 1. The molecular weight excluding hydrogens is 326 g/mol. The zero-order valence-corrected chi connectivity index (χ0v) is 14.7. The first-order chi connectivity index (χ1) is 12.7. The maximum absolute atomic E-state index is 9.45. The van der Waals surface area contributed by atoms with Gasteiger partial charge >= 0.3 is 0 Å². The molecule has 4 rings (SSSR count). The molecule has 0 saturated carbocycles. The Morgan fingerprint density at radius 1 is 1.15 bits per heavy atom. The number of likely N-dealkylation sites (tertiary alicyclic amines) is 1. The maximum Gasteiger partial charge on any atom is 0.219 e. The van der Waals surface area contributed by atoms with Gasteiger partial charge in [0.2, 0.25) is 5.88 Å². The van der Waals surface area contributed by atoms with Gasteiger partial charge in [0.05, 0.1) is 0 Å². The van der Waals surface area contributed by atoms with Gasteiger partial charge in [-0.25, -0.2) is 4.98 Å². The second kappa shape index (κ2) is 7.04. The van der Waals surface area contributed by atoms with Crippen LogP contribution in [-0.2, 0) is 0 Å². The summed E-state index contributed by atoms with van der Waals surface area (Å²) in [6, 6.07) is 18.2. The highest BCUT2D eigenvalue weighted by atomic mass is 16.5. The van der Waals surface area contributed by atoms with E-state index in [9.17, 15) is 5.21 Å². The Labute approximate surface area is 152 Å². The summed E-state index contributed by atoms with van der Waals surface area (Å²) in [5.41, 5.74) is 0.784. The van der Waals surface area contributed by atoms with Crippen LogP contribution in [0.5, 0.6) is 11.6 Å². The Kier molecular flexibility index (Phi) is 4.44. The predicted octanol–water partition coefficient (Wildman–Crippen LogP) is 4.65. The highest BCUT2D eigenvalue weighted by Crippen LogP contribution is 2.25. The molecule has 132 valence electrons. The number of oxime groups is 1. The van der Waals surface area contributed by atoms with Crippen molar-refractivity contribution in [2.24, 2.45) is 5.16 Å². The number of amidine groups is 1. The molecule has 26 heavy (non-hydrogen) atoms. The summed E-state index contributed by atoms with van der Waals surface area (Å²) in [5, 5.41) is 15.2. The standard InChI is InChI=1S/C21H21N3O2/c1-15-5-4-12-24(15)21(23-25)18-9-11-20(22-14-18)26-19-10-8-16-6-2-3-7-17(16)13-19/h2-3,6-11,13-15,25H,4-5,12H2,1H3/b23-21-. The average Bonchev–Trinajstić information content (AvgIpc) is 3.09. The summed E-state index contributed by atoms with van der Waals surface area (Å²) in [7, 11) is 0. The molecule has 3 aromatic rings. The molecule has 1 aromatic heterocycles. The molecular formula is C21H21N3O2. The van der Waals surface area contributed by atoms with Crippen molar-refractivity contribution in [3.63, 3.8) is 0 Å². The molecule has 1 aliphatic heterocycles. The lowest BCUT2D eigenvalue weighted by atomic mass is 10.1. The van der Waals surface area contributed by atoms with Crippen molar-refractivity contribution in [3.05, 3.63) is 66.4 Å². The third-order valence-electron chi connectivity index (χ3n) is 4.86. The van der Waals surface area contributed by atoms with E-state index in [1.165, 1.54) is 5.39 Å². The minimum absolute atomic E-state index is 0.370. The Morgan fingerprint density at radius 2 is 2.00 bits per heavy atom. The van der Waals surface area contributed by atoms with Crippen LogP contribution in [0.2, 0.25) is 0 Å². The largest absolute Gasteiger partial charge is 0.439 e. The SMILES string of the molecule is CC1CCCN1/C(=N\O)c1ccc(Oc2ccc3ccccc3c2)nc1. The van der Waals surface area contributed by atoms with E-state index in [0.717, 1.165) is 36.1 Å². The lowest BCUT2D eigenvalue weighted by Crippen LogP contribution is -2.34. The number of ether oxygens (including phenoxy) is 1. The normalized spacial score (nSPS) is 17.7. The predicted molar refractivity (Wildman–Crippen MR) is 102 cm³/mol. The highest BCUT2D eigenvalue weighted by Gasteiger charge is 2.25. The Balaban J connectivity index is 1.53. The fourth-order valence-corrected chi connectivity index (χ4v) is 3.45. The van der Waals surface area contributed by atoms with Crippen molar-refractivity contribution in [3.8, 4) is 11.6 Å². The van der Waals surface area contributed by atoms with Crippen molar-refractivity contribution in [2.75, 3.05) is 6.54 Å². The molecule has 1 unspecified atom stereocenters. The molecule has 1 aliphatic rings. The molecule has 0 bridgehead atoms. The smallest absolute Gasteiger partial charge is 0.219 e. The van der Waals surface area contributed by atoms with E-state index in [0.29, 0.717) is 17.8 Å². The van der Waals surface area contributed by atoms with Gasteiger partial charge in [-0.3, -0.25) is 0 Å². The fraction of sp³-hybridized carbons (Fsp3) is 0.238. The molecule has 2 aromatic carbocycles. The van der Waals surface area contributed by atoms with E-state index >= 15 is 0 Å². The number of hydrogen-bond acceptors (Lipinski definition) is 4. The van der Waals surface area contributed by atoms with Gasteiger partial charge in [0.15, 0.2) is 5.84 Å². The molecule has 1 atom stereocenters. The molecule has 1 fully saturated rings. The summed E-state index contributed by atoms with van der Waals surface area (Å²) in [6.45, 7) is 3.04. The molecule has 0 amide bonds. The van der Waals surface area contributed by atoms with Crippen LogP contribution in [0.3, 0.4) is 0 Å². The van der Waals surface area contributed by atoms with Crippen LogP contribution in [0.1, 0.15) is 25.3 Å². The summed E-state index contributed by atoms with van der Waals surface area (Å²) < 4.78 is 5.87. The highest BCUT2D eigenvalue weighted by molar-refractivity contribution is 5.98. The first kappa shape index (κ1) is 16.4. The number of rotatable bonds is 3. The lowest BCUT2D eigenvalue weighted by molar-refractivity contribution is 0.298. The Morgan fingerprint density at radius 3 is 2.69 bits per heavy atom. The number of benzene rings is 2. The van der Waals surface area contributed by atoms with Gasteiger partial charge in [0.1, 0.15) is 5.75 Å². The van der Waals surface area contributed by atoms with Gasteiger partial charge in [-0.15, -0.1) is 0 Å². The number of hydrogen-bond donors (Lipinski definition) is 1. The quantitative estimate of drug-likeness (QED) is 0.324.